The molecule has 1 rings (SSSR count). The summed E-state index contributed by atoms with van der Waals surface area (Å²) >= 11 is 0. The zero-order valence-electron chi connectivity index (χ0n) is 10.7. The van der Waals surface area contributed by atoms with Gasteiger partial charge in [-0.05, 0) is 32.9 Å². The highest BCUT2D eigenvalue weighted by Gasteiger charge is 2.13. The molecule has 1 amide bonds. The molecule has 18 heavy (non-hydrogen) atoms. The SMILES string of the molecule is CC(C)(C)NC(=O)CNc1ccc([N+](=O)[O-])cc1. The lowest BCUT2D eigenvalue weighted by Crippen LogP contribution is -2.43. The number of nitro groups is 1. The fraction of sp³-hybridized carbons (Fsp3) is 0.417. The van der Waals surface area contributed by atoms with Gasteiger partial charge in [-0.2, -0.15) is 0 Å². The molecule has 0 saturated heterocycles. The lowest BCUT2D eigenvalue weighted by Gasteiger charge is -2.20. The summed E-state index contributed by atoms with van der Waals surface area (Å²) in [5.41, 5.74) is 0.429. The van der Waals surface area contributed by atoms with Crippen molar-refractivity contribution in [1.29, 1.82) is 0 Å². The third kappa shape index (κ3) is 4.82. The summed E-state index contributed by atoms with van der Waals surface area (Å²) in [5.74, 6) is -0.124. The second kappa shape index (κ2) is 5.48. The predicted molar refractivity (Wildman–Crippen MR) is 69.5 cm³/mol. The van der Waals surface area contributed by atoms with Crippen LogP contribution in [0.3, 0.4) is 0 Å². The molecule has 0 aliphatic carbocycles. The zero-order chi connectivity index (χ0) is 13.8. The summed E-state index contributed by atoms with van der Waals surface area (Å²) in [6.07, 6.45) is 0. The number of hydrogen-bond acceptors (Lipinski definition) is 4. The van der Waals surface area contributed by atoms with E-state index < -0.39 is 4.92 Å². The smallest absolute Gasteiger partial charge is 0.269 e. The topological polar surface area (TPSA) is 84.3 Å². The largest absolute Gasteiger partial charge is 0.376 e. The standard InChI is InChI=1S/C12H17N3O3/c1-12(2,3)14-11(16)8-13-9-4-6-10(7-5-9)15(17)18/h4-7,13H,8H2,1-3H3,(H,14,16). The van der Waals surface area contributed by atoms with Gasteiger partial charge in [0.05, 0.1) is 11.5 Å². The first kappa shape index (κ1) is 14.0. The van der Waals surface area contributed by atoms with Gasteiger partial charge in [-0.15, -0.1) is 0 Å². The molecular weight excluding hydrogens is 234 g/mol. The lowest BCUT2D eigenvalue weighted by molar-refractivity contribution is -0.384. The molecule has 1 aromatic rings. The normalized spacial score (nSPS) is 10.8. The van der Waals surface area contributed by atoms with Crippen molar-refractivity contribution in [2.75, 3.05) is 11.9 Å². The van der Waals surface area contributed by atoms with E-state index in [4.69, 9.17) is 0 Å². The maximum absolute atomic E-state index is 11.5. The van der Waals surface area contributed by atoms with Gasteiger partial charge < -0.3 is 10.6 Å². The molecule has 6 heteroatoms. The van der Waals surface area contributed by atoms with Crippen molar-refractivity contribution < 1.29 is 9.72 Å². The minimum Gasteiger partial charge on any atom is -0.376 e. The van der Waals surface area contributed by atoms with E-state index in [2.05, 4.69) is 10.6 Å². The maximum Gasteiger partial charge on any atom is 0.269 e. The van der Waals surface area contributed by atoms with Gasteiger partial charge in [0.1, 0.15) is 0 Å². The maximum atomic E-state index is 11.5. The zero-order valence-corrected chi connectivity index (χ0v) is 10.7. The highest BCUT2D eigenvalue weighted by molar-refractivity contribution is 5.81. The number of non-ortho nitro benzene ring substituents is 1. The van der Waals surface area contributed by atoms with E-state index >= 15 is 0 Å². The second-order valence-corrected chi connectivity index (χ2v) is 4.96. The van der Waals surface area contributed by atoms with Crippen LogP contribution in [0.2, 0.25) is 0 Å². The van der Waals surface area contributed by atoms with E-state index in [1.165, 1.54) is 12.1 Å². The Morgan fingerprint density at radius 2 is 1.83 bits per heavy atom. The first-order valence-electron chi connectivity index (χ1n) is 5.57. The first-order chi connectivity index (χ1) is 8.28. The second-order valence-electron chi connectivity index (χ2n) is 4.96. The van der Waals surface area contributed by atoms with Gasteiger partial charge in [0.25, 0.3) is 5.69 Å². The highest BCUT2D eigenvalue weighted by Crippen LogP contribution is 2.14. The summed E-state index contributed by atoms with van der Waals surface area (Å²) in [4.78, 5) is 21.5. The van der Waals surface area contributed by atoms with E-state index in [0.29, 0.717) is 5.69 Å². The van der Waals surface area contributed by atoms with Gasteiger partial charge in [-0.3, -0.25) is 14.9 Å². The van der Waals surface area contributed by atoms with Crippen LogP contribution < -0.4 is 10.6 Å². The molecule has 0 spiro atoms. The summed E-state index contributed by atoms with van der Waals surface area (Å²) < 4.78 is 0. The number of nitrogens with zero attached hydrogens (tertiary/aromatic N) is 1. The Morgan fingerprint density at radius 1 is 1.28 bits per heavy atom. The monoisotopic (exact) mass is 251 g/mol. The van der Waals surface area contributed by atoms with E-state index in [0.717, 1.165) is 0 Å². The molecule has 0 aromatic heterocycles. The van der Waals surface area contributed by atoms with Crippen LogP contribution in [0.4, 0.5) is 11.4 Å². The van der Waals surface area contributed by atoms with Crippen LogP contribution >= 0.6 is 0 Å². The minimum absolute atomic E-state index is 0.0275. The van der Waals surface area contributed by atoms with Crippen LogP contribution in [-0.2, 0) is 4.79 Å². The highest BCUT2D eigenvalue weighted by atomic mass is 16.6. The number of carbonyl (C=O) groups is 1. The van der Waals surface area contributed by atoms with Crippen molar-refractivity contribution in [3.8, 4) is 0 Å². The molecule has 0 atom stereocenters. The molecule has 0 saturated carbocycles. The summed E-state index contributed by atoms with van der Waals surface area (Å²) in [6, 6.07) is 5.93. The van der Waals surface area contributed by atoms with Gasteiger partial charge in [-0.1, -0.05) is 0 Å². The summed E-state index contributed by atoms with van der Waals surface area (Å²) in [7, 11) is 0. The molecular formula is C12H17N3O3. The average Bonchev–Trinajstić information content (AvgIpc) is 2.24. The van der Waals surface area contributed by atoms with Gasteiger partial charge in [0.2, 0.25) is 5.91 Å². The third-order valence-corrected chi connectivity index (χ3v) is 2.05. The molecule has 0 aliphatic heterocycles. The van der Waals surface area contributed by atoms with E-state index in [9.17, 15) is 14.9 Å². The molecule has 0 aliphatic rings. The molecule has 0 fully saturated rings. The number of nitrogens with one attached hydrogen (secondary N) is 2. The Morgan fingerprint density at radius 3 is 2.28 bits per heavy atom. The van der Waals surface area contributed by atoms with Crippen molar-refractivity contribution in [2.45, 2.75) is 26.3 Å². The predicted octanol–water partition coefficient (Wildman–Crippen LogP) is 1.92. The fourth-order valence-electron chi connectivity index (χ4n) is 1.35. The Hall–Kier alpha value is -2.11. The number of amides is 1. The molecule has 98 valence electrons. The number of carbonyl (C=O) groups excluding carboxylic acids is 1. The Kier molecular flexibility index (Phi) is 4.25. The van der Waals surface area contributed by atoms with Crippen LogP contribution in [0.1, 0.15) is 20.8 Å². The molecule has 6 nitrogen and oxygen atoms in total. The van der Waals surface area contributed by atoms with Crippen molar-refractivity contribution in [1.82, 2.24) is 5.32 Å². The molecule has 0 unspecified atom stereocenters. The van der Waals surface area contributed by atoms with E-state index in [1.807, 2.05) is 20.8 Å². The van der Waals surface area contributed by atoms with Gasteiger partial charge in [0.15, 0.2) is 0 Å². The number of hydrogen-bond donors (Lipinski definition) is 2. The molecule has 2 N–H and O–H groups in total. The van der Waals surface area contributed by atoms with Gasteiger partial charge in [-0.25, -0.2) is 0 Å². The Labute approximate surface area is 106 Å². The summed E-state index contributed by atoms with van der Waals surface area (Å²) in [5, 5.41) is 16.2. The van der Waals surface area contributed by atoms with Crippen molar-refractivity contribution in [3.63, 3.8) is 0 Å². The van der Waals surface area contributed by atoms with Crippen LogP contribution in [0, 0.1) is 10.1 Å². The average molecular weight is 251 g/mol. The molecule has 1 aromatic carbocycles. The molecule has 0 heterocycles. The fourth-order valence-corrected chi connectivity index (χ4v) is 1.35. The Balaban J connectivity index is 2.49. The minimum atomic E-state index is -0.462. The number of anilines is 1. The van der Waals surface area contributed by atoms with Crippen LogP contribution in [0.25, 0.3) is 0 Å². The number of rotatable bonds is 4. The lowest BCUT2D eigenvalue weighted by atomic mass is 10.1. The molecule has 0 radical (unpaired) electrons. The van der Waals surface area contributed by atoms with E-state index in [-0.39, 0.29) is 23.7 Å². The van der Waals surface area contributed by atoms with Crippen LogP contribution in [-0.4, -0.2) is 22.9 Å². The van der Waals surface area contributed by atoms with Gasteiger partial charge >= 0.3 is 0 Å². The molecule has 0 bridgehead atoms. The van der Waals surface area contributed by atoms with Crippen molar-refractivity contribution >= 4 is 17.3 Å². The quantitative estimate of drug-likeness (QED) is 0.632. The number of nitro benzene ring substituents is 1. The third-order valence-electron chi connectivity index (χ3n) is 2.05. The van der Waals surface area contributed by atoms with E-state index in [1.54, 1.807) is 12.1 Å². The van der Waals surface area contributed by atoms with Gasteiger partial charge in [0, 0.05) is 23.4 Å². The van der Waals surface area contributed by atoms with Crippen LogP contribution in [0.5, 0.6) is 0 Å². The van der Waals surface area contributed by atoms with Crippen molar-refractivity contribution in [3.05, 3.63) is 34.4 Å². The Bertz CT molecular complexity index is 435. The summed E-state index contributed by atoms with van der Waals surface area (Å²) in [6.45, 7) is 5.83. The van der Waals surface area contributed by atoms with Crippen molar-refractivity contribution in [2.24, 2.45) is 0 Å². The van der Waals surface area contributed by atoms with Crippen LogP contribution in [0.15, 0.2) is 24.3 Å². The number of benzene rings is 1. The first-order valence-corrected chi connectivity index (χ1v) is 5.57.